The molecule has 0 aliphatic heterocycles. The summed E-state index contributed by atoms with van der Waals surface area (Å²) in [4.78, 5) is 10.1. The third kappa shape index (κ3) is 9.42. The van der Waals surface area contributed by atoms with E-state index in [0.717, 1.165) is 13.0 Å². The molecule has 0 spiro atoms. The van der Waals surface area contributed by atoms with Crippen LogP contribution in [0, 0.1) is 0 Å². The zero-order valence-electron chi connectivity index (χ0n) is 5.82. The third-order valence-electron chi connectivity index (χ3n) is 0.624. The molecule has 3 heteroatoms. The van der Waals surface area contributed by atoms with Crippen molar-refractivity contribution in [1.29, 1.82) is 0 Å². The van der Waals surface area contributed by atoms with Gasteiger partial charge in [-0.3, -0.25) is 4.79 Å². The van der Waals surface area contributed by atoms with Gasteiger partial charge >= 0.3 is 0 Å². The zero-order chi connectivity index (χ0) is 5.70. The fourth-order valence-electron chi connectivity index (χ4n) is 0.301. The number of hydrogen-bond acceptors (Lipinski definition) is 1. The van der Waals surface area contributed by atoms with E-state index in [1.54, 1.807) is 0 Å². The van der Waals surface area contributed by atoms with Crippen molar-refractivity contribution in [1.82, 2.24) is 5.32 Å². The third-order valence-corrected chi connectivity index (χ3v) is 0.624. The summed E-state index contributed by atoms with van der Waals surface area (Å²) in [7, 11) is 0. The van der Waals surface area contributed by atoms with E-state index in [2.05, 4.69) is 5.32 Å². The molecule has 1 amide bonds. The van der Waals surface area contributed by atoms with Gasteiger partial charge in [0.25, 0.3) is 0 Å². The van der Waals surface area contributed by atoms with Gasteiger partial charge in [0.2, 0.25) is 5.91 Å². The van der Waals surface area contributed by atoms with E-state index >= 15 is 0 Å². The van der Waals surface area contributed by atoms with E-state index < -0.39 is 0 Å². The standard InChI is InChI=1S/C5H11NO.Li/c1-3-4-6-5(2)7;/h3-4H2,1-2H3,(H,6,7);. The van der Waals surface area contributed by atoms with E-state index in [1.807, 2.05) is 6.92 Å². The van der Waals surface area contributed by atoms with E-state index in [4.69, 9.17) is 0 Å². The second-order valence-corrected chi connectivity index (χ2v) is 1.48. The zero-order valence-corrected chi connectivity index (χ0v) is 5.82. The molecule has 0 unspecified atom stereocenters. The van der Waals surface area contributed by atoms with Gasteiger partial charge < -0.3 is 5.32 Å². The number of amides is 1. The number of rotatable bonds is 2. The predicted octanol–water partition coefficient (Wildman–Crippen LogP) is 0.152. The molecule has 43 valence electrons. The van der Waals surface area contributed by atoms with Gasteiger partial charge in [0, 0.05) is 32.3 Å². The Morgan fingerprint density at radius 3 is 2.25 bits per heavy atom. The van der Waals surface area contributed by atoms with Crippen LogP contribution in [0.1, 0.15) is 20.3 Å². The Bertz CT molecular complexity index is 65.4. The second-order valence-electron chi connectivity index (χ2n) is 1.48. The van der Waals surface area contributed by atoms with Crippen LogP contribution in [0.25, 0.3) is 0 Å². The first kappa shape index (κ1) is 10.9. The van der Waals surface area contributed by atoms with Crippen LogP contribution in [-0.4, -0.2) is 31.3 Å². The normalized spacial score (nSPS) is 7.25. The van der Waals surface area contributed by atoms with Crippen LogP contribution in [0.4, 0.5) is 0 Å². The van der Waals surface area contributed by atoms with Crippen molar-refractivity contribution in [2.75, 3.05) is 6.54 Å². The van der Waals surface area contributed by atoms with Crippen molar-refractivity contribution in [3.63, 3.8) is 0 Å². The minimum absolute atomic E-state index is 0. The van der Waals surface area contributed by atoms with Crippen molar-refractivity contribution in [2.45, 2.75) is 20.3 Å². The monoisotopic (exact) mass is 108 g/mol. The predicted molar refractivity (Wildman–Crippen MR) is 34.7 cm³/mol. The summed E-state index contributed by atoms with van der Waals surface area (Å²) >= 11 is 0. The molecule has 0 atom stereocenters. The molecule has 0 saturated heterocycles. The van der Waals surface area contributed by atoms with E-state index in [0.29, 0.717) is 0 Å². The summed E-state index contributed by atoms with van der Waals surface area (Å²) < 4.78 is 0. The minimum atomic E-state index is 0. The summed E-state index contributed by atoms with van der Waals surface area (Å²) in [6, 6.07) is 0. The quantitative estimate of drug-likeness (QED) is 0.501. The Morgan fingerprint density at radius 1 is 1.62 bits per heavy atom. The summed E-state index contributed by atoms with van der Waals surface area (Å²) in [6.07, 6.45) is 1.01. The maximum atomic E-state index is 10.1. The van der Waals surface area contributed by atoms with E-state index in [1.165, 1.54) is 6.92 Å². The average Bonchev–Trinajstić information content (AvgIpc) is 1.61. The molecule has 0 aromatic heterocycles. The van der Waals surface area contributed by atoms with Crippen LogP contribution in [0.3, 0.4) is 0 Å². The molecule has 2 nitrogen and oxygen atoms in total. The number of carbonyl (C=O) groups is 1. The Kier molecular flexibility index (Phi) is 9.67. The van der Waals surface area contributed by atoms with Gasteiger partial charge in [0.15, 0.2) is 0 Å². The molecule has 0 aromatic rings. The summed E-state index contributed by atoms with van der Waals surface area (Å²) in [5, 5.41) is 2.66. The molecule has 0 aliphatic rings. The van der Waals surface area contributed by atoms with E-state index in [9.17, 15) is 4.79 Å². The first-order valence-corrected chi connectivity index (χ1v) is 2.51. The minimum Gasteiger partial charge on any atom is -0.356 e. The van der Waals surface area contributed by atoms with Crippen molar-refractivity contribution < 1.29 is 4.79 Å². The van der Waals surface area contributed by atoms with Gasteiger partial charge in [0.05, 0.1) is 0 Å². The van der Waals surface area contributed by atoms with Gasteiger partial charge in [-0.05, 0) is 6.42 Å². The fourth-order valence-corrected chi connectivity index (χ4v) is 0.301. The van der Waals surface area contributed by atoms with Crippen molar-refractivity contribution in [3.05, 3.63) is 0 Å². The molecule has 0 aliphatic carbocycles. The Labute approximate surface area is 62.2 Å². The van der Waals surface area contributed by atoms with Crippen molar-refractivity contribution >= 4 is 24.8 Å². The molecular weight excluding hydrogens is 97.0 g/mol. The summed E-state index contributed by atoms with van der Waals surface area (Å²) in [5.41, 5.74) is 0. The van der Waals surface area contributed by atoms with Crippen LogP contribution in [0.15, 0.2) is 0 Å². The summed E-state index contributed by atoms with van der Waals surface area (Å²) in [6.45, 7) is 4.35. The van der Waals surface area contributed by atoms with Crippen LogP contribution < -0.4 is 5.32 Å². The van der Waals surface area contributed by atoms with Gasteiger partial charge in [-0.1, -0.05) is 6.92 Å². The van der Waals surface area contributed by atoms with Gasteiger partial charge in [-0.15, -0.1) is 0 Å². The number of nitrogens with one attached hydrogen (secondary N) is 1. The van der Waals surface area contributed by atoms with E-state index in [-0.39, 0.29) is 24.8 Å². The Hall–Kier alpha value is 0.0674. The van der Waals surface area contributed by atoms with Crippen LogP contribution in [-0.2, 0) is 4.79 Å². The first-order valence-electron chi connectivity index (χ1n) is 2.51. The van der Waals surface area contributed by atoms with Crippen molar-refractivity contribution in [3.8, 4) is 0 Å². The summed E-state index contributed by atoms with van der Waals surface area (Å²) in [5.74, 6) is 0.0573. The molecule has 0 heterocycles. The van der Waals surface area contributed by atoms with Gasteiger partial charge in [-0.2, -0.15) is 0 Å². The number of carbonyl (C=O) groups excluding carboxylic acids is 1. The second kappa shape index (κ2) is 7.07. The SMILES string of the molecule is CCCNC(C)=O.[Li]. The Morgan fingerprint density at radius 2 is 2.12 bits per heavy atom. The molecule has 1 N–H and O–H groups in total. The maximum absolute atomic E-state index is 10.1. The molecular formula is C5H11LiNO. The van der Waals surface area contributed by atoms with Crippen LogP contribution in [0.5, 0.6) is 0 Å². The fraction of sp³-hybridized carbons (Fsp3) is 0.800. The smallest absolute Gasteiger partial charge is 0.216 e. The average molecular weight is 108 g/mol. The molecule has 0 rings (SSSR count). The van der Waals surface area contributed by atoms with Crippen LogP contribution >= 0.6 is 0 Å². The first-order chi connectivity index (χ1) is 3.27. The maximum Gasteiger partial charge on any atom is 0.216 e. The Balaban J connectivity index is 0. The van der Waals surface area contributed by atoms with Crippen molar-refractivity contribution in [2.24, 2.45) is 0 Å². The molecule has 8 heavy (non-hydrogen) atoms. The molecule has 0 fully saturated rings. The largest absolute Gasteiger partial charge is 0.356 e. The van der Waals surface area contributed by atoms with Gasteiger partial charge in [0.1, 0.15) is 0 Å². The molecule has 1 radical (unpaired) electrons. The van der Waals surface area contributed by atoms with Crippen LogP contribution in [0.2, 0.25) is 0 Å². The van der Waals surface area contributed by atoms with Gasteiger partial charge in [-0.25, -0.2) is 0 Å². The molecule has 0 bridgehead atoms. The topological polar surface area (TPSA) is 29.1 Å². The number of hydrogen-bond donors (Lipinski definition) is 1. The molecule has 0 aromatic carbocycles. The molecule has 0 saturated carbocycles.